The van der Waals surface area contributed by atoms with Crippen molar-refractivity contribution in [1.29, 1.82) is 0 Å². The van der Waals surface area contributed by atoms with E-state index in [-0.39, 0.29) is 18.3 Å². The molecule has 0 aromatic carbocycles. The summed E-state index contributed by atoms with van der Waals surface area (Å²) in [6.45, 7) is 5.42. The van der Waals surface area contributed by atoms with Crippen LogP contribution in [0, 0.1) is 0 Å². The van der Waals surface area contributed by atoms with Gasteiger partial charge in [-0.2, -0.15) is 0 Å². The van der Waals surface area contributed by atoms with E-state index in [1.807, 2.05) is 6.92 Å². The molecule has 23 heavy (non-hydrogen) atoms. The van der Waals surface area contributed by atoms with Crippen LogP contribution in [0.15, 0.2) is 12.2 Å². The molecule has 1 N–H and O–H groups in total. The van der Waals surface area contributed by atoms with Crippen LogP contribution in [-0.2, 0) is 14.3 Å². The lowest BCUT2D eigenvalue weighted by Gasteiger charge is -2.14. The van der Waals surface area contributed by atoms with Crippen LogP contribution in [0.4, 0.5) is 0 Å². The molecule has 0 bridgehead atoms. The van der Waals surface area contributed by atoms with Crippen LogP contribution in [0.5, 0.6) is 0 Å². The molecule has 0 aliphatic rings. The predicted molar refractivity (Wildman–Crippen MR) is 93.2 cm³/mol. The smallest absolute Gasteiger partial charge is 0.313 e. The Morgan fingerprint density at radius 1 is 1.04 bits per heavy atom. The molecule has 0 unspecified atom stereocenters. The van der Waals surface area contributed by atoms with E-state index in [2.05, 4.69) is 12.2 Å². The third-order valence-corrected chi connectivity index (χ3v) is 3.66. The summed E-state index contributed by atoms with van der Waals surface area (Å²) in [5, 5.41) is 9.20. The summed E-state index contributed by atoms with van der Waals surface area (Å²) >= 11 is 0. The summed E-state index contributed by atoms with van der Waals surface area (Å²) in [5.74, 6) is -0.528. The Morgan fingerprint density at radius 3 is 2.26 bits per heavy atom. The van der Waals surface area contributed by atoms with E-state index in [0.717, 1.165) is 25.7 Å². The van der Waals surface area contributed by atoms with E-state index >= 15 is 0 Å². The molecule has 0 aromatic heterocycles. The topological polar surface area (TPSA) is 63.6 Å². The van der Waals surface area contributed by atoms with Crippen LogP contribution in [-0.4, -0.2) is 29.1 Å². The summed E-state index contributed by atoms with van der Waals surface area (Å²) in [4.78, 5) is 23.3. The molecule has 134 valence electrons. The lowest BCUT2D eigenvalue weighted by Crippen LogP contribution is -2.21. The Balaban J connectivity index is 3.54. The SMILES string of the molecule is C/C=C/CCCCCCCCC(=O)CC(=O)O[C@@H](C)C[C@H](C)O. The van der Waals surface area contributed by atoms with Gasteiger partial charge >= 0.3 is 5.97 Å². The Morgan fingerprint density at radius 2 is 1.65 bits per heavy atom. The average molecular weight is 326 g/mol. The van der Waals surface area contributed by atoms with Crippen molar-refractivity contribution in [2.24, 2.45) is 0 Å². The van der Waals surface area contributed by atoms with Crippen LogP contribution in [0.2, 0.25) is 0 Å². The summed E-state index contributed by atoms with van der Waals surface area (Å²) in [6, 6.07) is 0. The predicted octanol–water partition coefficient (Wildman–Crippen LogP) is 4.35. The molecule has 0 aromatic rings. The fourth-order valence-electron chi connectivity index (χ4n) is 2.50. The second-order valence-corrected chi connectivity index (χ2v) is 6.33. The number of aliphatic hydroxyl groups is 1. The summed E-state index contributed by atoms with van der Waals surface area (Å²) in [6.07, 6.45) is 12.0. The van der Waals surface area contributed by atoms with Crippen LogP contribution in [0.3, 0.4) is 0 Å². The van der Waals surface area contributed by atoms with Gasteiger partial charge in [0.05, 0.1) is 6.10 Å². The Hall–Kier alpha value is -1.16. The maximum absolute atomic E-state index is 11.7. The van der Waals surface area contributed by atoms with Gasteiger partial charge in [0.2, 0.25) is 0 Å². The molecule has 2 atom stereocenters. The number of hydrogen-bond donors (Lipinski definition) is 1. The highest BCUT2D eigenvalue weighted by Gasteiger charge is 2.15. The fraction of sp³-hybridized carbons (Fsp3) is 0.789. The first-order valence-electron chi connectivity index (χ1n) is 8.96. The van der Waals surface area contributed by atoms with Crippen LogP contribution < -0.4 is 0 Å². The molecule has 0 spiro atoms. The number of aliphatic hydroxyl groups excluding tert-OH is 1. The van der Waals surface area contributed by atoms with Crippen LogP contribution >= 0.6 is 0 Å². The highest BCUT2D eigenvalue weighted by atomic mass is 16.5. The van der Waals surface area contributed by atoms with Crippen molar-refractivity contribution in [3.63, 3.8) is 0 Å². The second-order valence-electron chi connectivity index (χ2n) is 6.33. The van der Waals surface area contributed by atoms with E-state index in [0.29, 0.717) is 12.8 Å². The number of carbonyl (C=O) groups is 2. The molecule has 0 aliphatic heterocycles. The van der Waals surface area contributed by atoms with Crippen molar-refractivity contribution in [2.45, 2.75) is 97.2 Å². The van der Waals surface area contributed by atoms with E-state index in [9.17, 15) is 14.7 Å². The van der Waals surface area contributed by atoms with Crippen molar-refractivity contribution in [3.05, 3.63) is 12.2 Å². The first-order valence-corrected chi connectivity index (χ1v) is 8.96. The largest absolute Gasteiger partial charge is 0.462 e. The zero-order valence-electron chi connectivity index (χ0n) is 15.1. The monoisotopic (exact) mass is 326 g/mol. The molecule has 0 saturated heterocycles. The van der Waals surface area contributed by atoms with Gasteiger partial charge in [0.1, 0.15) is 18.3 Å². The zero-order valence-corrected chi connectivity index (χ0v) is 15.1. The lowest BCUT2D eigenvalue weighted by atomic mass is 10.1. The molecule has 0 saturated carbocycles. The van der Waals surface area contributed by atoms with Gasteiger partial charge in [0, 0.05) is 12.8 Å². The van der Waals surface area contributed by atoms with Gasteiger partial charge in [-0.25, -0.2) is 0 Å². The maximum atomic E-state index is 11.7. The molecule has 0 heterocycles. The second kappa shape index (κ2) is 14.4. The Labute approximate surface area is 141 Å². The van der Waals surface area contributed by atoms with Gasteiger partial charge in [-0.05, 0) is 40.0 Å². The highest BCUT2D eigenvalue weighted by Crippen LogP contribution is 2.10. The number of hydrogen-bond acceptors (Lipinski definition) is 4. The van der Waals surface area contributed by atoms with Crippen molar-refractivity contribution in [3.8, 4) is 0 Å². The molecule has 0 rings (SSSR count). The average Bonchev–Trinajstić information content (AvgIpc) is 2.44. The third kappa shape index (κ3) is 15.5. The van der Waals surface area contributed by atoms with Gasteiger partial charge in [0.15, 0.2) is 0 Å². The van der Waals surface area contributed by atoms with Gasteiger partial charge in [-0.15, -0.1) is 0 Å². The molecular weight excluding hydrogens is 292 g/mol. The van der Waals surface area contributed by atoms with Crippen molar-refractivity contribution in [2.75, 3.05) is 0 Å². The number of ether oxygens (including phenoxy) is 1. The molecule has 0 aliphatic carbocycles. The van der Waals surface area contributed by atoms with Crippen LogP contribution in [0.25, 0.3) is 0 Å². The zero-order chi connectivity index (χ0) is 17.5. The number of esters is 1. The Kier molecular flexibility index (Phi) is 13.7. The number of rotatable bonds is 14. The molecule has 0 amide bonds. The lowest BCUT2D eigenvalue weighted by molar-refractivity contribution is -0.151. The Bertz CT molecular complexity index is 347. The summed E-state index contributed by atoms with van der Waals surface area (Å²) < 4.78 is 5.10. The number of ketones is 1. The van der Waals surface area contributed by atoms with Gasteiger partial charge in [-0.3, -0.25) is 9.59 Å². The number of unbranched alkanes of at least 4 members (excludes halogenated alkanes) is 6. The van der Waals surface area contributed by atoms with Gasteiger partial charge < -0.3 is 9.84 Å². The first-order chi connectivity index (χ1) is 11.0. The quantitative estimate of drug-likeness (QED) is 0.223. The molecule has 4 heteroatoms. The third-order valence-electron chi connectivity index (χ3n) is 3.66. The minimum Gasteiger partial charge on any atom is -0.462 e. The van der Waals surface area contributed by atoms with Crippen LogP contribution in [0.1, 0.15) is 85.0 Å². The van der Waals surface area contributed by atoms with E-state index in [1.165, 1.54) is 19.3 Å². The van der Waals surface area contributed by atoms with E-state index in [1.54, 1.807) is 13.8 Å². The number of allylic oxidation sites excluding steroid dienone is 2. The first kappa shape index (κ1) is 21.8. The van der Waals surface area contributed by atoms with Gasteiger partial charge in [0.25, 0.3) is 0 Å². The summed E-state index contributed by atoms with van der Waals surface area (Å²) in [7, 11) is 0. The van der Waals surface area contributed by atoms with Crippen molar-refractivity contribution >= 4 is 11.8 Å². The fourth-order valence-corrected chi connectivity index (χ4v) is 2.50. The maximum Gasteiger partial charge on any atom is 0.313 e. The standard InChI is InChI=1S/C19H34O4/c1-4-5-6-7-8-9-10-11-12-13-18(21)15-19(22)23-17(3)14-16(2)20/h4-5,16-17,20H,6-15H2,1-3H3/b5-4+/t16-,17-/m0/s1. The van der Waals surface area contributed by atoms with E-state index in [4.69, 9.17) is 4.74 Å². The molecule has 0 fully saturated rings. The normalized spacial score (nSPS) is 13.9. The highest BCUT2D eigenvalue weighted by molar-refractivity contribution is 5.95. The van der Waals surface area contributed by atoms with Crippen molar-refractivity contribution in [1.82, 2.24) is 0 Å². The number of Topliss-reactive ketones (excluding diaryl/α,β-unsaturated/α-hetero) is 1. The minimum atomic E-state index is -0.508. The summed E-state index contributed by atoms with van der Waals surface area (Å²) in [5.41, 5.74) is 0. The van der Waals surface area contributed by atoms with Crippen molar-refractivity contribution < 1.29 is 19.4 Å². The minimum absolute atomic E-state index is 0.0488. The molecule has 4 nitrogen and oxygen atoms in total. The number of carbonyl (C=O) groups excluding carboxylic acids is 2. The van der Waals surface area contributed by atoms with E-state index < -0.39 is 12.1 Å². The molecular formula is C19H34O4. The van der Waals surface area contributed by atoms with Gasteiger partial charge in [-0.1, -0.05) is 37.8 Å². The molecule has 0 radical (unpaired) electrons.